The SMILES string of the molecule is O=C(O)[C@H]1CC=CC[C@H]1C(=O)N1CCN(c2nc(-c3ccccc3)c3ccccc3n2)CC1. The molecule has 5 rings (SSSR count). The number of benzene rings is 2. The Morgan fingerprint density at radius 2 is 1.48 bits per heavy atom. The molecule has 1 aliphatic carbocycles. The highest BCUT2D eigenvalue weighted by molar-refractivity contribution is 5.93. The number of carbonyl (C=O) groups excluding carboxylic acids is 1. The highest BCUT2D eigenvalue weighted by atomic mass is 16.4. The van der Waals surface area contributed by atoms with Gasteiger partial charge in [-0.25, -0.2) is 9.97 Å². The number of carbonyl (C=O) groups is 2. The lowest BCUT2D eigenvalue weighted by Crippen LogP contribution is -2.52. The fraction of sp³-hybridized carbons (Fsp3) is 0.308. The summed E-state index contributed by atoms with van der Waals surface area (Å²) in [7, 11) is 0. The second-order valence-electron chi connectivity index (χ2n) is 8.56. The smallest absolute Gasteiger partial charge is 0.307 e. The van der Waals surface area contributed by atoms with Crippen LogP contribution in [0.1, 0.15) is 12.8 Å². The predicted molar refractivity (Wildman–Crippen MR) is 127 cm³/mol. The van der Waals surface area contributed by atoms with Crippen LogP contribution in [0.4, 0.5) is 5.95 Å². The number of hydrogen-bond donors (Lipinski definition) is 1. The molecule has 3 aromatic rings. The van der Waals surface area contributed by atoms with E-state index in [1.165, 1.54) is 0 Å². The molecule has 2 aromatic carbocycles. The second kappa shape index (κ2) is 9.02. The Hall–Kier alpha value is -3.74. The van der Waals surface area contributed by atoms with Crippen LogP contribution in [0.3, 0.4) is 0 Å². The summed E-state index contributed by atoms with van der Waals surface area (Å²) in [6, 6.07) is 18.1. The Morgan fingerprint density at radius 3 is 2.21 bits per heavy atom. The van der Waals surface area contributed by atoms with Crippen molar-refractivity contribution in [3.8, 4) is 11.3 Å². The molecule has 0 radical (unpaired) electrons. The fourth-order valence-electron chi connectivity index (χ4n) is 4.74. The van der Waals surface area contributed by atoms with Crippen LogP contribution in [0.15, 0.2) is 66.7 Å². The number of aromatic nitrogens is 2. The van der Waals surface area contributed by atoms with Crippen LogP contribution in [0, 0.1) is 11.8 Å². The van der Waals surface area contributed by atoms with E-state index in [1.807, 2.05) is 66.7 Å². The standard InChI is InChI=1S/C26H26N4O3/c31-24(19-10-4-5-11-20(19)25(32)33)29-14-16-30(17-15-29)26-27-22-13-7-6-12-21(22)23(28-26)18-8-2-1-3-9-18/h1-9,12-13,19-20H,10-11,14-17H2,(H,32,33)/t19-,20+/m1/s1. The third-order valence-corrected chi connectivity index (χ3v) is 6.58. The van der Waals surface area contributed by atoms with Crippen LogP contribution in [0.2, 0.25) is 0 Å². The molecule has 1 aliphatic heterocycles. The molecule has 2 atom stereocenters. The Balaban J connectivity index is 1.36. The van der Waals surface area contributed by atoms with Gasteiger partial charge in [0.15, 0.2) is 0 Å². The van der Waals surface area contributed by atoms with Crippen LogP contribution in [0.25, 0.3) is 22.2 Å². The van der Waals surface area contributed by atoms with Gasteiger partial charge in [-0.3, -0.25) is 9.59 Å². The van der Waals surface area contributed by atoms with Crippen molar-refractivity contribution < 1.29 is 14.7 Å². The number of anilines is 1. The van der Waals surface area contributed by atoms with Crippen molar-refractivity contribution in [3.63, 3.8) is 0 Å². The van der Waals surface area contributed by atoms with Crippen LogP contribution in [-0.2, 0) is 9.59 Å². The molecule has 168 valence electrons. The zero-order valence-electron chi connectivity index (χ0n) is 18.3. The normalized spacial score (nSPS) is 20.7. The first-order chi connectivity index (χ1) is 16.1. The highest BCUT2D eigenvalue weighted by Crippen LogP contribution is 2.30. The molecule has 1 amide bonds. The van der Waals surface area contributed by atoms with E-state index < -0.39 is 17.8 Å². The van der Waals surface area contributed by atoms with Crippen molar-refractivity contribution >= 4 is 28.7 Å². The molecule has 0 saturated carbocycles. The summed E-state index contributed by atoms with van der Waals surface area (Å²) in [6.07, 6.45) is 4.69. The Kier molecular flexibility index (Phi) is 5.77. The number of rotatable bonds is 4. The van der Waals surface area contributed by atoms with Gasteiger partial charge >= 0.3 is 5.97 Å². The third kappa shape index (κ3) is 4.18. The van der Waals surface area contributed by atoms with Gasteiger partial charge < -0.3 is 14.9 Å². The van der Waals surface area contributed by atoms with Gasteiger partial charge in [0.05, 0.1) is 23.0 Å². The number of fused-ring (bicyclic) bond motifs is 1. The van der Waals surface area contributed by atoms with Crippen LogP contribution in [-0.4, -0.2) is 58.0 Å². The average Bonchev–Trinajstić information content (AvgIpc) is 2.88. The van der Waals surface area contributed by atoms with E-state index in [-0.39, 0.29) is 5.91 Å². The molecule has 1 fully saturated rings. The van der Waals surface area contributed by atoms with Gasteiger partial charge in [-0.1, -0.05) is 60.7 Å². The molecule has 1 aromatic heterocycles. The quantitative estimate of drug-likeness (QED) is 0.621. The lowest BCUT2D eigenvalue weighted by atomic mass is 9.82. The monoisotopic (exact) mass is 442 g/mol. The van der Waals surface area contributed by atoms with Crippen LogP contribution in [0.5, 0.6) is 0 Å². The van der Waals surface area contributed by atoms with Gasteiger partial charge in [0, 0.05) is 37.1 Å². The van der Waals surface area contributed by atoms with E-state index >= 15 is 0 Å². The number of para-hydroxylation sites is 1. The summed E-state index contributed by atoms with van der Waals surface area (Å²) in [6.45, 7) is 2.28. The molecule has 1 N–H and O–H groups in total. The molecule has 1 saturated heterocycles. The summed E-state index contributed by atoms with van der Waals surface area (Å²) >= 11 is 0. The molecule has 0 unspecified atom stereocenters. The summed E-state index contributed by atoms with van der Waals surface area (Å²) in [5, 5.41) is 10.5. The topological polar surface area (TPSA) is 86.6 Å². The first kappa shape index (κ1) is 21.1. The minimum Gasteiger partial charge on any atom is -0.481 e. The van der Waals surface area contributed by atoms with Crippen molar-refractivity contribution in [2.45, 2.75) is 12.8 Å². The van der Waals surface area contributed by atoms with Gasteiger partial charge in [0.1, 0.15) is 0 Å². The fourth-order valence-corrected chi connectivity index (χ4v) is 4.74. The summed E-state index contributed by atoms with van der Waals surface area (Å²) in [4.78, 5) is 38.3. The van der Waals surface area contributed by atoms with E-state index in [1.54, 1.807) is 4.90 Å². The molecule has 33 heavy (non-hydrogen) atoms. The maximum atomic E-state index is 13.1. The number of carboxylic acid groups (broad SMARTS) is 1. The van der Waals surface area contributed by atoms with Crippen molar-refractivity contribution in [3.05, 3.63) is 66.7 Å². The molecule has 7 heteroatoms. The number of piperazine rings is 1. The maximum absolute atomic E-state index is 13.1. The largest absolute Gasteiger partial charge is 0.481 e. The lowest BCUT2D eigenvalue weighted by Gasteiger charge is -2.37. The zero-order valence-corrected chi connectivity index (χ0v) is 18.3. The molecule has 2 heterocycles. The summed E-state index contributed by atoms with van der Waals surface area (Å²) < 4.78 is 0. The first-order valence-electron chi connectivity index (χ1n) is 11.4. The number of hydrogen-bond acceptors (Lipinski definition) is 5. The number of carboxylic acids is 1. The maximum Gasteiger partial charge on any atom is 0.307 e. The number of amides is 1. The van der Waals surface area contributed by atoms with E-state index in [0.717, 1.165) is 22.2 Å². The highest BCUT2D eigenvalue weighted by Gasteiger charge is 2.37. The number of aliphatic carboxylic acids is 1. The molecular weight excluding hydrogens is 416 g/mol. The second-order valence-corrected chi connectivity index (χ2v) is 8.56. The molecule has 7 nitrogen and oxygen atoms in total. The minimum atomic E-state index is -0.894. The summed E-state index contributed by atoms with van der Waals surface area (Å²) in [5.41, 5.74) is 2.82. The third-order valence-electron chi connectivity index (χ3n) is 6.58. The molecule has 0 spiro atoms. The predicted octanol–water partition coefficient (Wildman–Crippen LogP) is 3.61. The minimum absolute atomic E-state index is 0.0594. The average molecular weight is 443 g/mol. The zero-order chi connectivity index (χ0) is 22.8. The van der Waals surface area contributed by atoms with Crippen LogP contribution >= 0.6 is 0 Å². The number of nitrogens with zero attached hydrogens (tertiary/aromatic N) is 4. The molecule has 0 bridgehead atoms. The number of allylic oxidation sites excluding steroid dienone is 2. The summed E-state index contributed by atoms with van der Waals surface area (Å²) in [5.74, 6) is -1.42. The van der Waals surface area contributed by atoms with Gasteiger partial charge in [-0.2, -0.15) is 0 Å². The van der Waals surface area contributed by atoms with Crippen molar-refractivity contribution in [2.24, 2.45) is 11.8 Å². The van der Waals surface area contributed by atoms with Gasteiger partial charge in [0.2, 0.25) is 11.9 Å². The van der Waals surface area contributed by atoms with E-state index in [2.05, 4.69) is 4.90 Å². The van der Waals surface area contributed by atoms with Crippen molar-refractivity contribution in [2.75, 3.05) is 31.1 Å². The van der Waals surface area contributed by atoms with Crippen LogP contribution < -0.4 is 4.90 Å². The molecule has 2 aliphatic rings. The Labute approximate surface area is 192 Å². The van der Waals surface area contributed by atoms with E-state index in [0.29, 0.717) is 45.0 Å². The van der Waals surface area contributed by atoms with Crippen molar-refractivity contribution in [1.82, 2.24) is 14.9 Å². The van der Waals surface area contributed by atoms with Gasteiger partial charge in [-0.15, -0.1) is 0 Å². The Morgan fingerprint density at radius 1 is 0.818 bits per heavy atom. The van der Waals surface area contributed by atoms with Gasteiger partial charge in [-0.05, 0) is 18.9 Å². The van der Waals surface area contributed by atoms with E-state index in [9.17, 15) is 14.7 Å². The van der Waals surface area contributed by atoms with Crippen molar-refractivity contribution in [1.29, 1.82) is 0 Å². The first-order valence-corrected chi connectivity index (χ1v) is 11.4. The Bertz CT molecular complexity index is 1200. The lowest BCUT2D eigenvalue weighted by molar-refractivity contribution is -0.150. The molecular formula is C26H26N4O3. The van der Waals surface area contributed by atoms with Gasteiger partial charge in [0.25, 0.3) is 0 Å². The van der Waals surface area contributed by atoms with E-state index in [4.69, 9.17) is 9.97 Å².